The summed E-state index contributed by atoms with van der Waals surface area (Å²) in [7, 11) is -3.49. The highest BCUT2D eigenvalue weighted by Crippen LogP contribution is 2.28. The molecule has 144 valence electrons. The van der Waals surface area contributed by atoms with Crippen molar-refractivity contribution in [3.8, 4) is 10.4 Å². The maximum Gasteiger partial charge on any atom is 0.253 e. The van der Waals surface area contributed by atoms with Crippen molar-refractivity contribution in [1.29, 1.82) is 0 Å². The molecule has 1 aliphatic rings. The number of hydrogen-bond donors (Lipinski definition) is 0. The zero-order valence-electron chi connectivity index (χ0n) is 14.9. The summed E-state index contributed by atoms with van der Waals surface area (Å²) in [6.45, 7) is 0.638. The summed E-state index contributed by atoms with van der Waals surface area (Å²) in [5, 5.41) is 1.91. The number of carbonyl (C=O) groups excluding carboxylic acids is 1. The molecule has 2 heterocycles. The molecule has 7 heteroatoms. The maximum absolute atomic E-state index is 12.8. The number of sulfone groups is 1. The molecule has 0 spiro atoms. The van der Waals surface area contributed by atoms with Gasteiger partial charge in [-0.25, -0.2) is 8.42 Å². The number of halogens is 1. The van der Waals surface area contributed by atoms with Crippen LogP contribution in [-0.4, -0.2) is 37.6 Å². The fourth-order valence-electron chi connectivity index (χ4n) is 3.39. The van der Waals surface area contributed by atoms with Crippen molar-refractivity contribution in [2.24, 2.45) is 0 Å². The van der Waals surface area contributed by atoms with Crippen LogP contribution in [0.2, 0.25) is 5.02 Å². The molecule has 1 atom stereocenters. The number of thiophene rings is 1. The minimum Gasteiger partial charge on any atom is -0.337 e. The first-order chi connectivity index (χ1) is 13.4. The van der Waals surface area contributed by atoms with Crippen LogP contribution in [0.25, 0.3) is 10.4 Å². The lowest BCUT2D eigenvalue weighted by Crippen LogP contribution is -2.31. The Bertz CT molecular complexity index is 1080. The van der Waals surface area contributed by atoms with Gasteiger partial charge in [-0.15, -0.1) is 11.3 Å². The van der Waals surface area contributed by atoms with Crippen LogP contribution < -0.4 is 0 Å². The highest BCUT2D eigenvalue weighted by Gasteiger charge is 2.36. The molecular formula is C21H18ClNO3S2. The maximum atomic E-state index is 12.8. The minimum absolute atomic E-state index is 0.133. The zero-order valence-corrected chi connectivity index (χ0v) is 17.3. The van der Waals surface area contributed by atoms with Crippen LogP contribution in [0, 0.1) is 0 Å². The van der Waals surface area contributed by atoms with Crippen molar-refractivity contribution in [2.75, 3.05) is 13.1 Å². The van der Waals surface area contributed by atoms with Gasteiger partial charge in [-0.05, 0) is 59.8 Å². The van der Waals surface area contributed by atoms with E-state index in [9.17, 15) is 13.2 Å². The summed E-state index contributed by atoms with van der Waals surface area (Å²) in [5.41, 5.74) is 1.64. The van der Waals surface area contributed by atoms with E-state index in [1.807, 2.05) is 29.6 Å². The second-order valence-electron chi connectivity index (χ2n) is 6.72. The van der Waals surface area contributed by atoms with Crippen molar-refractivity contribution >= 4 is 38.7 Å². The monoisotopic (exact) mass is 431 g/mol. The van der Waals surface area contributed by atoms with Gasteiger partial charge >= 0.3 is 0 Å². The predicted octanol–water partition coefficient (Wildman–Crippen LogP) is 4.76. The van der Waals surface area contributed by atoms with E-state index in [1.165, 1.54) is 12.1 Å². The van der Waals surface area contributed by atoms with Gasteiger partial charge in [0.2, 0.25) is 0 Å². The number of rotatable bonds is 4. The van der Waals surface area contributed by atoms with Crippen LogP contribution in [0.5, 0.6) is 0 Å². The Hall–Kier alpha value is -2.15. The largest absolute Gasteiger partial charge is 0.337 e. The highest BCUT2D eigenvalue weighted by molar-refractivity contribution is 7.92. The fourth-order valence-corrected chi connectivity index (χ4v) is 5.94. The smallest absolute Gasteiger partial charge is 0.253 e. The van der Waals surface area contributed by atoms with Crippen molar-refractivity contribution in [1.82, 2.24) is 4.90 Å². The standard InChI is InChI=1S/C21H18ClNO3S2/c22-17-7-9-18(10-8-17)28(25,26)19-11-12-23(14-19)21(24)16-5-3-15(4-6-16)20-2-1-13-27-20/h1-10,13,19H,11-12,14H2/t19-/m1/s1. The van der Waals surface area contributed by atoms with Crippen molar-refractivity contribution in [2.45, 2.75) is 16.6 Å². The van der Waals surface area contributed by atoms with Gasteiger partial charge in [0.1, 0.15) is 0 Å². The summed E-state index contributed by atoms with van der Waals surface area (Å²) in [5.74, 6) is -0.133. The molecule has 0 N–H and O–H groups in total. The van der Waals surface area contributed by atoms with Gasteiger partial charge in [-0.2, -0.15) is 0 Å². The lowest BCUT2D eigenvalue weighted by atomic mass is 10.1. The van der Waals surface area contributed by atoms with E-state index in [4.69, 9.17) is 11.6 Å². The van der Waals surface area contributed by atoms with Crippen LogP contribution >= 0.6 is 22.9 Å². The van der Waals surface area contributed by atoms with Gasteiger partial charge in [0.05, 0.1) is 10.1 Å². The fraction of sp³-hybridized carbons (Fsp3) is 0.190. The lowest BCUT2D eigenvalue weighted by molar-refractivity contribution is 0.0793. The highest BCUT2D eigenvalue weighted by atomic mass is 35.5. The second kappa shape index (κ2) is 7.70. The van der Waals surface area contributed by atoms with E-state index in [-0.39, 0.29) is 17.3 Å². The molecule has 28 heavy (non-hydrogen) atoms. The molecule has 2 aromatic carbocycles. The number of amides is 1. The van der Waals surface area contributed by atoms with E-state index in [0.717, 1.165) is 10.4 Å². The van der Waals surface area contributed by atoms with Crippen LogP contribution in [0.1, 0.15) is 16.8 Å². The average Bonchev–Trinajstić information content (AvgIpc) is 3.40. The molecule has 4 rings (SSSR count). The Morgan fingerprint density at radius 1 is 1.04 bits per heavy atom. The Balaban J connectivity index is 1.47. The number of hydrogen-bond acceptors (Lipinski definition) is 4. The molecule has 0 radical (unpaired) electrons. The molecular weight excluding hydrogens is 414 g/mol. The van der Waals surface area contributed by atoms with Gasteiger partial charge < -0.3 is 4.90 Å². The molecule has 1 amide bonds. The predicted molar refractivity (Wildman–Crippen MR) is 113 cm³/mol. The number of carbonyl (C=O) groups is 1. The van der Waals surface area contributed by atoms with Crippen LogP contribution in [-0.2, 0) is 9.84 Å². The Labute approximate surface area is 173 Å². The second-order valence-corrected chi connectivity index (χ2v) is 10.3. The third-order valence-electron chi connectivity index (χ3n) is 4.95. The molecule has 0 saturated carbocycles. The number of nitrogens with zero attached hydrogens (tertiary/aromatic N) is 1. The average molecular weight is 432 g/mol. The quantitative estimate of drug-likeness (QED) is 0.598. The van der Waals surface area contributed by atoms with Gasteiger partial charge in [-0.1, -0.05) is 29.8 Å². The molecule has 0 bridgehead atoms. The lowest BCUT2D eigenvalue weighted by Gasteiger charge is -2.17. The van der Waals surface area contributed by atoms with E-state index in [1.54, 1.807) is 40.5 Å². The SMILES string of the molecule is O=C(c1ccc(-c2cccs2)cc1)N1CC[C@@H](S(=O)(=O)c2ccc(Cl)cc2)C1. The van der Waals surface area contributed by atoms with Crippen LogP contribution in [0.4, 0.5) is 0 Å². The van der Waals surface area contributed by atoms with E-state index in [0.29, 0.717) is 23.6 Å². The first-order valence-corrected chi connectivity index (χ1v) is 11.7. The molecule has 4 nitrogen and oxygen atoms in total. The summed E-state index contributed by atoms with van der Waals surface area (Å²) >= 11 is 7.50. The third-order valence-corrected chi connectivity index (χ3v) is 8.31. The summed E-state index contributed by atoms with van der Waals surface area (Å²) < 4.78 is 25.7. The van der Waals surface area contributed by atoms with Gasteiger partial charge in [0.15, 0.2) is 9.84 Å². The first kappa shape index (κ1) is 19.2. The van der Waals surface area contributed by atoms with Crippen LogP contribution in [0.3, 0.4) is 0 Å². The number of benzene rings is 2. The van der Waals surface area contributed by atoms with Crippen LogP contribution in [0.15, 0.2) is 70.9 Å². The Morgan fingerprint density at radius 3 is 2.39 bits per heavy atom. The molecule has 3 aromatic rings. The summed E-state index contributed by atoms with van der Waals surface area (Å²) in [6, 6.07) is 17.7. The first-order valence-electron chi connectivity index (χ1n) is 8.88. The normalized spacial score (nSPS) is 17.0. The van der Waals surface area contributed by atoms with Gasteiger partial charge in [0, 0.05) is 28.6 Å². The summed E-state index contributed by atoms with van der Waals surface area (Å²) in [6.07, 6.45) is 0.435. The molecule has 0 aliphatic carbocycles. The molecule has 1 saturated heterocycles. The summed E-state index contributed by atoms with van der Waals surface area (Å²) in [4.78, 5) is 15.8. The molecule has 1 aromatic heterocycles. The minimum atomic E-state index is -3.49. The molecule has 1 fully saturated rings. The third kappa shape index (κ3) is 3.72. The topological polar surface area (TPSA) is 54.5 Å². The van der Waals surface area contributed by atoms with Crippen molar-refractivity contribution in [3.63, 3.8) is 0 Å². The van der Waals surface area contributed by atoms with E-state index < -0.39 is 15.1 Å². The number of likely N-dealkylation sites (tertiary alicyclic amines) is 1. The molecule has 1 aliphatic heterocycles. The molecule has 0 unspecified atom stereocenters. The Kier molecular flexibility index (Phi) is 5.27. The zero-order chi connectivity index (χ0) is 19.7. The van der Waals surface area contributed by atoms with Gasteiger partial charge in [0.25, 0.3) is 5.91 Å². The Morgan fingerprint density at radius 2 is 1.75 bits per heavy atom. The van der Waals surface area contributed by atoms with Crippen molar-refractivity contribution in [3.05, 3.63) is 76.6 Å². The van der Waals surface area contributed by atoms with Gasteiger partial charge in [-0.3, -0.25) is 4.79 Å². The van der Waals surface area contributed by atoms with E-state index >= 15 is 0 Å². The van der Waals surface area contributed by atoms with Crippen molar-refractivity contribution < 1.29 is 13.2 Å². The van der Waals surface area contributed by atoms with E-state index in [2.05, 4.69) is 0 Å².